The molecule has 0 spiro atoms. The number of hydrogen-bond acceptors (Lipinski definition) is 2. The van der Waals surface area contributed by atoms with Crippen molar-refractivity contribution in [3.8, 4) is 0 Å². The smallest absolute Gasteiger partial charge is 0.312 e. The van der Waals surface area contributed by atoms with Crippen LogP contribution in [-0.2, 0) is 4.79 Å². The monoisotopic (exact) mass is 243 g/mol. The Labute approximate surface area is 104 Å². The number of nitrogens with two attached hydrogens (primary N) is 1. The molecule has 4 N–H and O–H groups in total. The fraction of sp³-hybridized carbons (Fsp3) is 0.833. The third-order valence-electron chi connectivity index (χ3n) is 2.46. The van der Waals surface area contributed by atoms with E-state index in [1.807, 2.05) is 6.92 Å². The summed E-state index contributed by atoms with van der Waals surface area (Å²) in [6.07, 6.45) is 3.16. The Hall–Kier alpha value is -1.26. The Morgan fingerprint density at radius 2 is 1.82 bits per heavy atom. The molecule has 0 radical (unpaired) electrons. The highest BCUT2D eigenvalue weighted by Crippen LogP contribution is 2.06. The van der Waals surface area contributed by atoms with Crippen LogP contribution in [0.1, 0.15) is 46.5 Å². The summed E-state index contributed by atoms with van der Waals surface area (Å²) in [4.78, 5) is 21.9. The molecular formula is C12H25N3O2. The van der Waals surface area contributed by atoms with Gasteiger partial charge in [-0.05, 0) is 32.1 Å². The van der Waals surface area contributed by atoms with Gasteiger partial charge in [0.2, 0.25) is 5.91 Å². The fourth-order valence-corrected chi connectivity index (χ4v) is 1.46. The molecule has 0 aliphatic carbocycles. The van der Waals surface area contributed by atoms with Gasteiger partial charge < -0.3 is 16.4 Å². The highest BCUT2D eigenvalue weighted by atomic mass is 16.2. The molecule has 0 fully saturated rings. The van der Waals surface area contributed by atoms with Crippen LogP contribution in [0.3, 0.4) is 0 Å². The zero-order chi connectivity index (χ0) is 13.3. The summed E-state index contributed by atoms with van der Waals surface area (Å²) in [7, 11) is 0. The molecule has 0 unspecified atom stereocenters. The summed E-state index contributed by atoms with van der Waals surface area (Å²) in [6, 6.07) is -0.329. The predicted molar refractivity (Wildman–Crippen MR) is 68.5 cm³/mol. The maximum atomic E-state index is 11.5. The molecule has 0 aromatic rings. The maximum absolute atomic E-state index is 11.5. The summed E-state index contributed by atoms with van der Waals surface area (Å²) in [6.45, 7) is 6.80. The average Bonchev–Trinajstić information content (AvgIpc) is 2.21. The van der Waals surface area contributed by atoms with Gasteiger partial charge in [0, 0.05) is 19.0 Å². The van der Waals surface area contributed by atoms with Crippen LogP contribution >= 0.6 is 0 Å². The lowest BCUT2D eigenvalue weighted by Gasteiger charge is -2.15. The predicted octanol–water partition coefficient (Wildman–Crippen LogP) is 1.38. The lowest BCUT2D eigenvalue weighted by Crippen LogP contribution is -2.34. The summed E-state index contributed by atoms with van der Waals surface area (Å²) in [5, 5.41) is 5.39. The number of urea groups is 1. The fourth-order valence-electron chi connectivity index (χ4n) is 1.46. The number of nitrogens with one attached hydrogen (secondary N) is 2. The van der Waals surface area contributed by atoms with Crippen molar-refractivity contribution in [3.63, 3.8) is 0 Å². The van der Waals surface area contributed by atoms with Crippen molar-refractivity contribution in [3.05, 3.63) is 0 Å². The van der Waals surface area contributed by atoms with Crippen molar-refractivity contribution in [2.45, 2.75) is 52.5 Å². The van der Waals surface area contributed by atoms with Gasteiger partial charge in [0.15, 0.2) is 0 Å². The minimum Gasteiger partial charge on any atom is -0.354 e. The van der Waals surface area contributed by atoms with Crippen LogP contribution in [-0.4, -0.2) is 24.5 Å². The van der Waals surface area contributed by atoms with E-state index in [2.05, 4.69) is 24.5 Å². The molecule has 3 amide bonds. The minimum absolute atomic E-state index is 0.0347. The first-order chi connectivity index (χ1) is 7.91. The van der Waals surface area contributed by atoms with E-state index in [4.69, 9.17) is 5.73 Å². The molecule has 0 aromatic heterocycles. The summed E-state index contributed by atoms with van der Waals surface area (Å²) < 4.78 is 0. The summed E-state index contributed by atoms with van der Waals surface area (Å²) >= 11 is 0. The van der Waals surface area contributed by atoms with Gasteiger partial charge in [-0.25, -0.2) is 4.79 Å². The molecule has 17 heavy (non-hydrogen) atoms. The van der Waals surface area contributed by atoms with Crippen LogP contribution < -0.4 is 16.4 Å². The minimum atomic E-state index is -0.546. The normalized spacial score (nSPS) is 12.2. The second kappa shape index (κ2) is 8.84. The first-order valence-corrected chi connectivity index (χ1v) is 6.24. The number of carbonyl (C=O) groups excluding carboxylic acids is 2. The molecule has 0 saturated carbocycles. The van der Waals surface area contributed by atoms with Crippen LogP contribution in [0.15, 0.2) is 0 Å². The van der Waals surface area contributed by atoms with Gasteiger partial charge in [-0.15, -0.1) is 0 Å². The highest BCUT2D eigenvalue weighted by Gasteiger charge is 2.07. The lowest BCUT2D eigenvalue weighted by atomic mass is 10.0. The van der Waals surface area contributed by atoms with E-state index in [9.17, 15) is 9.59 Å². The molecule has 0 bridgehead atoms. The molecule has 0 aromatic carbocycles. The largest absolute Gasteiger partial charge is 0.354 e. The van der Waals surface area contributed by atoms with E-state index < -0.39 is 6.03 Å². The number of rotatable bonds is 8. The molecule has 1 atom stereocenters. The van der Waals surface area contributed by atoms with Crippen LogP contribution in [0.25, 0.3) is 0 Å². The second-order valence-corrected chi connectivity index (χ2v) is 4.83. The lowest BCUT2D eigenvalue weighted by molar-refractivity contribution is -0.121. The van der Waals surface area contributed by atoms with E-state index >= 15 is 0 Å². The Morgan fingerprint density at radius 3 is 2.35 bits per heavy atom. The van der Waals surface area contributed by atoms with Gasteiger partial charge in [-0.2, -0.15) is 0 Å². The molecule has 5 heteroatoms. The van der Waals surface area contributed by atoms with Crippen molar-refractivity contribution in [2.24, 2.45) is 11.7 Å². The zero-order valence-corrected chi connectivity index (χ0v) is 11.1. The van der Waals surface area contributed by atoms with Gasteiger partial charge in [-0.3, -0.25) is 4.79 Å². The molecule has 100 valence electrons. The topological polar surface area (TPSA) is 84.2 Å². The van der Waals surface area contributed by atoms with Gasteiger partial charge in [0.25, 0.3) is 0 Å². The molecular weight excluding hydrogens is 218 g/mol. The Balaban J connectivity index is 3.53. The highest BCUT2D eigenvalue weighted by molar-refractivity contribution is 5.76. The molecule has 5 nitrogen and oxygen atoms in total. The Kier molecular flexibility index (Phi) is 8.19. The van der Waals surface area contributed by atoms with E-state index in [-0.39, 0.29) is 11.9 Å². The van der Waals surface area contributed by atoms with Gasteiger partial charge >= 0.3 is 6.03 Å². The SMILES string of the molecule is CC(C)CC[C@H](C)NC(=O)CCCNC(N)=O. The standard InChI is InChI=1S/C12H25N3O2/c1-9(2)6-7-10(3)15-11(16)5-4-8-14-12(13)17/h9-10H,4-8H2,1-3H3,(H,15,16)(H3,13,14,17)/t10-/m0/s1. The van der Waals surface area contributed by atoms with Gasteiger partial charge in [0.05, 0.1) is 0 Å². The zero-order valence-electron chi connectivity index (χ0n) is 11.1. The van der Waals surface area contributed by atoms with E-state index in [1.165, 1.54) is 0 Å². The quantitative estimate of drug-likeness (QED) is 0.563. The van der Waals surface area contributed by atoms with Crippen LogP contribution in [0.4, 0.5) is 4.79 Å². The van der Waals surface area contributed by atoms with Gasteiger partial charge in [0.1, 0.15) is 0 Å². The first kappa shape index (κ1) is 15.7. The Morgan fingerprint density at radius 1 is 1.18 bits per heavy atom. The number of hydrogen-bond donors (Lipinski definition) is 3. The summed E-state index contributed by atoms with van der Waals surface area (Å²) in [5.74, 6) is 0.696. The maximum Gasteiger partial charge on any atom is 0.312 e. The summed E-state index contributed by atoms with van der Waals surface area (Å²) in [5.41, 5.74) is 4.91. The number of carbonyl (C=O) groups is 2. The molecule has 0 heterocycles. The molecule has 0 aliphatic heterocycles. The van der Waals surface area contributed by atoms with Crippen molar-refractivity contribution in [1.29, 1.82) is 0 Å². The van der Waals surface area contributed by atoms with Crippen molar-refractivity contribution < 1.29 is 9.59 Å². The van der Waals surface area contributed by atoms with E-state index in [1.54, 1.807) is 0 Å². The van der Waals surface area contributed by atoms with Crippen LogP contribution in [0.5, 0.6) is 0 Å². The van der Waals surface area contributed by atoms with E-state index in [0.29, 0.717) is 25.3 Å². The second-order valence-electron chi connectivity index (χ2n) is 4.83. The van der Waals surface area contributed by atoms with E-state index in [0.717, 1.165) is 12.8 Å². The van der Waals surface area contributed by atoms with Gasteiger partial charge in [-0.1, -0.05) is 13.8 Å². The van der Waals surface area contributed by atoms with Crippen LogP contribution in [0.2, 0.25) is 0 Å². The average molecular weight is 243 g/mol. The third kappa shape index (κ3) is 11.0. The number of primary amides is 1. The third-order valence-corrected chi connectivity index (χ3v) is 2.46. The van der Waals surface area contributed by atoms with Crippen molar-refractivity contribution in [1.82, 2.24) is 10.6 Å². The van der Waals surface area contributed by atoms with Crippen molar-refractivity contribution in [2.75, 3.05) is 6.54 Å². The molecule has 0 saturated heterocycles. The van der Waals surface area contributed by atoms with Crippen molar-refractivity contribution >= 4 is 11.9 Å². The van der Waals surface area contributed by atoms with Crippen LogP contribution in [0, 0.1) is 5.92 Å². The first-order valence-electron chi connectivity index (χ1n) is 6.24. The Bertz CT molecular complexity index is 242. The molecule has 0 aliphatic rings. The number of amides is 3. The molecule has 0 rings (SSSR count).